The third kappa shape index (κ3) is 2.77. The van der Waals surface area contributed by atoms with Gasteiger partial charge in [-0.1, -0.05) is 67.0 Å². The Hall–Kier alpha value is -0.300. The van der Waals surface area contributed by atoms with Crippen molar-refractivity contribution in [3.05, 3.63) is 11.6 Å². The fraction of sp³-hybridized carbons (Fsp3) is 0.933. The molecule has 4 fully saturated rings. The predicted octanol–water partition coefficient (Wildman–Crippen LogP) is 8.17. The second-order valence-corrected chi connectivity index (χ2v) is 15.2. The molecule has 0 spiro atoms. The Labute approximate surface area is 192 Å². The maximum Gasteiger partial charge on any atom is 0.0594 e. The molecule has 31 heavy (non-hydrogen) atoms. The van der Waals surface area contributed by atoms with Crippen LogP contribution in [-0.4, -0.2) is 11.2 Å². The molecule has 0 radical (unpaired) electrons. The molecule has 5 aliphatic carbocycles. The Morgan fingerprint density at radius 2 is 1.45 bits per heavy atom. The molecule has 0 aromatic heterocycles. The van der Waals surface area contributed by atoms with Crippen molar-refractivity contribution in [3.8, 4) is 0 Å². The van der Waals surface area contributed by atoms with Gasteiger partial charge in [0.2, 0.25) is 0 Å². The van der Waals surface area contributed by atoms with Crippen molar-refractivity contribution in [1.29, 1.82) is 0 Å². The van der Waals surface area contributed by atoms with E-state index in [-0.39, 0.29) is 11.5 Å². The van der Waals surface area contributed by atoms with Crippen LogP contribution in [0.15, 0.2) is 11.6 Å². The monoisotopic (exact) mass is 426 g/mol. The minimum atomic E-state index is -0.125. The van der Waals surface area contributed by atoms with E-state index in [4.69, 9.17) is 0 Å². The molecule has 5 aliphatic rings. The van der Waals surface area contributed by atoms with Crippen molar-refractivity contribution in [2.45, 2.75) is 126 Å². The van der Waals surface area contributed by atoms with Gasteiger partial charge in [-0.2, -0.15) is 0 Å². The lowest BCUT2D eigenvalue weighted by molar-refractivity contribution is -0.202. The molecule has 0 amide bonds. The molecule has 1 heteroatoms. The molecule has 0 aromatic carbocycles. The highest BCUT2D eigenvalue weighted by Crippen LogP contribution is 2.75. The fourth-order valence-electron chi connectivity index (χ4n) is 10.5. The summed E-state index contributed by atoms with van der Waals surface area (Å²) in [6.07, 6.45) is 15.9. The van der Waals surface area contributed by atoms with E-state index in [1.54, 1.807) is 0 Å². The minimum Gasteiger partial charge on any atom is -0.393 e. The Kier molecular flexibility index (Phi) is 4.66. The van der Waals surface area contributed by atoms with E-state index in [1.165, 1.54) is 57.8 Å². The van der Waals surface area contributed by atoms with Crippen molar-refractivity contribution in [2.75, 3.05) is 0 Å². The SMILES string of the molecule is CC1(C)CC[C@]2(C)CC[C@]3(C)C(=CC[C@H]4[C@@]5(C)CCC(O)C(C)(C)[C@H]5CC[C@]43C)[C@H]2C1. The maximum atomic E-state index is 10.9. The highest BCUT2D eigenvalue weighted by atomic mass is 16.3. The van der Waals surface area contributed by atoms with Crippen LogP contribution in [-0.2, 0) is 0 Å². The van der Waals surface area contributed by atoms with Crippen molar-refractivity contribution in [2.24, 2.45) is 50.2 Å². The lowest BCUT2D eigenvalue weighted by Crippen LogP contribution is -2.64. The number of aliphatic hydroxyl groups excluding tert-OH is 1. The van der Waals surface area contributed by atoms with Gasteiger partial charge in [0.25, 0.3) is 0 Å². The van der Waals surface area contributed by atoms with E-state index in [0.29, 0.717) is 33.0 Å². The van der Waals surface area contributed by atoms with E-state index < -0.39 is 0 Å². The van der Waals surface area contributed by atoms with Crippen LogP contribution in [0.2, 0.25) is 0 Å². The normalized spacial score (nSPS) is 55.2. The molecule has 0 saturated heterocycles. The molecule has 0 heterocycles. The van der Waals surface area contributed by atoms with Crippen LogP contribution in [0, 0.1) is 50.2 Å². The van der Waals surface area contributed by atoms with E-state index in [0.717, 1.165) is 18.3 Å². The Morgan fingerprint density at radius 3 is 2.16 bits per heavy atom. The van der Waals surface area contributed by atoms with Crippen LogP contribution in [0.3, 0.4) is 0 Å². The van der Waals surface area contributed by atoms with Crippen LogP contribution < -0.4 is 0 Å². The molecule has 0 bridgehead atoms. The average Bonchev–Trinajstić information content (AvgIpc) is 2.67. The zero-order chi connectivity index (χ0) is 22.7. The average molecular weight is 427 g/mol. The molecular weight excluding hydrogens is 376 g/mol. The highest BCUT2D eigenvalue weighted by Gasteiger charge is 2.67. The quantitative estimate of drug-likeness (QED) is 0.387. The second kappa shape index (κ2) is 6.43. The van der Waals surface area contributed by atoms with Crippen molar-refractivity contribution < 1.29 is 5.11 Å². The summed E-state index contributed by atoms with van der Waals surface area (Å²) in [7, 11) is 0. The Morgan fingerprint density at radius 1 is 0.774 bits per heavy atom. The molecule has 1 nitrogen and oxygen atoms in total. The summed E-state index contributed by atoms with van der Waals surface area (Å²) < 4.78 is 0. The largest absolute Gasteiger partial charge is 0.393 e. The zero-order valence-electron chi connectivity index (χ0n) is 21.9. The van der Waals surface area contributed by atoms with Gasteiger partial charge in [-0.3, -0.25) is 0 Å². The summed E-state index contributed by atoms with van der Waals surface area (Å²) in [6.45, 7) is 20.4. The lowest BCUT2D eigenvalue weighted by Gasteiger charge is -2.71. The third-order valence-electron chi connectivity index (χ3n) is 13.0. The molecule has 8 atom stereocenters. The van der Waals surface area contributed by atoms with Gasteiger partial charge in [0.15, 0.2) is 0 Å². The van der Waals surface area contributed by atoms with Gasteiger partial charge in [0.05, 0.1) is 6.10 Å². The first-order valence-electron chi connectivity index (χ1n) is 13.6. The lowest BCUT2D eigenvalue weighted by atomic mass is 9.33. The first kappa shape index (κ1) is 22.5. The first-order valence-corrected chi connectivity index (χ1v) is 13.6. The number of allylic oxidation sites excluding steroid dienone is 2. The number of hydrogen-bond donors (Lipinski definition) is 1. The summed E-state index contributed by atoms with van der Waals surface area (Å²) >= 11 is 0. The van der Waals surface area contributed by atoms with Crippen LogP contribution in [0.5, 0.6) is 0 Å². The topological polar surface area (TPSA) is 20.2 Å². The molecule has 1 unspecified atom stereocenters. The number of fused-ring (bicyclic) bond motifs is 7. The standard InChI is InChI=1S/C30H50O/c1-25(2)15-16-27(5)17-18-29(7)20(21(27)19-25)9-10-23-28(6)13-12-24(31)26(3,4)22(28)11-14-30(23,29)8/h9,21-24,31H,10-19H2,1-8H3/t21-,22-,23+,24?,27-,28+,29-,30-/m1/s1. The van der Waals surface area contributed by atoms with E-state index in [2.05, 4.69) is 61.5 Å². The highest BCUT2D eigenvalue weighted by molar-refractivity contribution is 5.33. The van der Waals surface area contributed by atoms with Gasteiger partial charge in [0, 0.05) is 0 Å². The Bertz CT molecular complexity index is 790. The fourth-order valence-corrected chi connectivity index (χ4v) is 10.5. The number of rotatable bonds is 0. The van der Waals surface area contributed by atoms with Gasteiger partial charge in [-0.05, 0) is 114 Å². The van der Waals surface area contributed by atoms with Gasteiger partial charge in [-0.15, -0.1) is 0 Å². The van der Waals surface area contributed by atoms with Gasteiger partial charge >= 0.3 is 0 Å². The van der Waals surface area contributed by atoms with E-state index in [9.17, 15) is 5.11 Å². The number of aliphatic hydroxyl groups is 1. The van der Waals surface area contributed by atoms with Gasteiger partial charge in [0.1, 0.15) is 0 Å². The summed E-state index contributed by atoms with van der Waals surface area (Å²) in [5.41, 5.74) is 4.09. The summed E-state index contributed by atoms with van der Waals surface area (Å²) in [5.74, 6) is 2.21. The van der Waals surface area contributed by atoms with Crippen molar-refractivity contribution >= 4 is 0 Å². The first-order chi connectivity index (χ1) is 14.2. The predicted molar refractivity (Wildman–Crippen MR) is 131 cm³/mol. The minimum absolute atomic E-state index is 0.0533. The van der Waals surface area contributed by atoms with E-state index in [1.807, 2.05) is 5.57 Å². The van der Waals surface area contributed by atoms with Crippen LogP contribution >= 0.6 is 0 Å². The zero-order valence-corrected chi connectivity index (χ0v) is 21.9. The molecule has 0 aliphatic heterocycles. The summed E-state index contributed by atoms with van der Waals surface area (Å²) in [4.78, 5) is 0. The van der Waals surface area contributed by atoms with Crippen LogP contribution in [0.4, 0.5) is 0 Å². The van der Waals surface area contributed by atoms with Crippen molar-refractivity contribution in [3.63, 3.8) is 0 Å². The number of hydrogen-bond acceptors (Lipinski definition) is 1. The molecule has 1 N–H and O–H groups in total. The maximum absolute atomic E-state index is 10.9. The second-order valence-electron chi connectivity index (χ2n) is 15.2. The summed E-state index contributed by atoms with van der Waals surface area (Å²) in [5, 5.41) is 10.9. The Balaban J connectivity index is 1.57. The molecule has 4 saturated carbocycles. The molecule has 0 aromatic rings. The summed E-state index contributed by atoms with van der Waals surface area (Å²) in [6, 6.07) is 0. The third-order valence-corrected chi connectivity index (χ3v) is 13.0. The van der Waals surface area contributed by atoms with Gasteiger partial charge < -0.3 is 5.11 Å². The van der Waals surface area contributed by atoms with E-state index >= 15 is 0 Å². The molecular formula is C30H50O. The smallest absolute Gasteiger partial charge is 0.0594 e. The molecule has 176 valence electrons. The van der Waals surface area contributed by atoms with Gasteiger partial charge in [-0.25, -0.2) is 0 Å². The van der Waals surface area contributed by atoms with Crippen LogP contribution in [0.1, 0.15) is 120 Å². The van der Waals surface area contributed by atoms with Crippen LogP contribution in [0.25, 0.3) is 0 Å². The van der Waals surface area contributed by atoms with Crippen molar-refractivity contribution in [1.82, 2.24) is 0 Å². The molecule has 5 rings (SSSR count).